The molecule has 28 heavy (non-hydrogen) atoms. The molecule has 0 radical (unpaired) electrons. The minimum atomic E-state index is -0.385. The predicted molar refractivity (Wildman–Crippen MR) is 110 cm³/mol. The zero-order chi connectivity index (χ0) is 19.9. The third kappa shape index (κ3) is 5.71. The topological polar surface area (TPSA) is 85.4 Å². The van der Waals surface area contributed by atoms with E-state index in [1.54, 1.807) is 23.5 Å². The van der Waals surface area contributed by atoms with Crippen LogP contribution in [-0.2, 0) is 27.3 Å². The summed E-state index contributed by atoms with van der Waals surface area (Å²) in [6, 6.07) is 11.4. The van der Waals surface area contributed by atoms with Gasteiger partial charge in [0.05, 0.1) is 26.6 Å². The molecule has 0 unspecified atom stereocenters. The van der Waals surface area contributed by atoms with Crippen LogP contribution in [-0.4, -0.2) is 29.3 Å². The number of amides is 1. The van der Waals surface area contributed by atoms with Gasteiger partial charge in [0.1, 0.15) is 0 Å². The van der Waals surface area contributed by atoms with Crippen LogP contribution in [0.15, 0.2) is 36.4 Å². The van der Waals surface area contributed by atoms with Crippen LogP contribution in [0, 0.1) is 0 Å². The van der Waals surface area contributed by atoms with Gasteiger partial charge in [-0.05, 0) is 37.1 Å². The molecule has 6 nitrogen and oxygen atoms in total. The number of aryl methyl sites for hydroxylation is 1. The fourth-order valence-electron chi connectivity index (χ4n) is 2.53. The molecule has 2 aromatic heterocycles. The molecule has 0 bridgehead atoms. The first kappa shape index (κ1) is 20.2. The van der Waals surface area contributed by atoms with Crippen LogP contribution in [0.25, 0.3) is 10.2 Å². The van der Waals surface area contributed by atoms with E-state index < -0.39 is 0 Å². The molecule has 0 saturated heterocycles. The summed E-state index contributed by atoms with van der Waals surface area (Å²) in [4.78, 5) is 40.9. The number of carbonyl (C=O) groups is 3. The SMILES string of the molecule is CC(=O)NCc1ccc(C(=O)COC(=O)CCCc2nc3ccccc3s2)s1. The van der Waals surface area contributed by atoms with Crippen molar-refractivity contribution in [3.8, 4) is 0 Å². The number of para-hydroxylation sites is 1. The Hall–Kier alpha value is -2.58. The number of ketones is 1. The first-order valence-electron chi connectivity index (χ1n) is 8.87. The van der Waals surface area contributed by atoms with Gasteiger partial charge in [-0.25, -0.2) is 4.98 Å². The van der Waals surface area contributed by atoms with Gasteiger partial charge in [0.25, 0.3) is 0 Å². The lowest BCUT2D eigenvalue weighted by Gasteiger charge is -2.03. The number of rotatable bonds is 9. The monoisotopic (exact) mass is 416 g/mol. The number of aromatic nitrogens is 1. The van der Waals surface area contributed by atoms with Crippen LogP contribution in [0.2, 0.25) is 0 Å². The molecule has 1 aromatic carbocycles. The molecule has 0 atom stereocenters. The van der Waals surface area contributed by atoms with Gasteiger partial charge in [0.15, 0.2) is 6.61 Å². The van der Waals surface area contributed by atoms with Crippen molar-refractivity contribution in [2.75, 3.05) is 6.61 Å². The van der Waals surface area contributed by atoms with Gasteiger partial charge in [-0.15, -0.1) is 22.7 Å². The summed E-state index contributed by atoms with van der Waals surface area (Å²) in [5.41, 5.74) is 0.976. The van der Waals surface area contributed by atoms with Crippen molar-refractivity contribution >= 4 is 50.5 Å². The fraction of sp³-hybridized carbons (Fsp3) is 0.300. The van der Waals surface area contributed by atoms with E-state index in [0.29, 0.717) is 24.3 Å². The molecule has 1 N–H and O–H groups in total. The van der Waals surface area contributed by atoms with Crippen molar-refractivity contribution in [2.45, 2.75) is 32.7 Å². The number of carbonyl (C=O) groups excluding carboxylic acids is 3. The van der Waals surface area contributed by atoms with E-state index in [1.165, 1.54) is 18.3 Å². The van der Waals surface area contributed by atoms with Crippen molar-refractivity contribution in [3.05, 3.63) is 51.2 Å². The van der Waals surface area contributed by atoms with E-state index in [4.69, 9.17) is 4.74 Å². The Bertz CT molecular complexity index is 960. The van der Waals surface area contributed by atoms with Gasteiger partial charge in [0, 0.05) is 18.2 Å². The maximum Gasteiger partial charge on any atom is 0.306 e. The van der Waals surface area contributed by atoms with Crippen molar-refractivity contribution in [3.63, 3.8) is 0 Å². The van der Waals surface area contributed by atoms with Crippen LogP contribution < -0.4 is 5.32 Å². The second kappa shape index (κ2) is 9.57. The Morgan fingerprint density at radius 3 is 2.71 bits per heavy atom. The normalized spacial score (nSPS) is 10.8. The first-order chi connectivity index (χ1) is 13.5. The fourth-order valence-corrected chi connectivity index (χ4v) is 4.42. The number of benzene rings is 1. The van der Waals surface area contributed by atoms with E-state index in [1.807, 2.05) is 24.3 Å². The smallest absolute Gasteiger partial charge is 0.306 e. The molecule has 1 amide bonds. The zero-order valence-electron chi connectivity index (χ0n) is 15.4. The second-order valence-electron chi connectivity index (χ2n) is 6.19. The van der Waals surface area contributed by atoms with E-state index in [0.717, 1.165) is 20.1 Å². The molecular weight excluding hydrogens is 396 g/mol. The first-order valence-corrected chi connectivity index (χ1v) is 10.5. The number of thiophene rings is 1. The predicted octanol–water partition coefficient (Wildman–Crippen LogP) is 3.74. The number of fused-ring (bicyclic) bond motifs is 1. The summed E-state index contributed by atoms with van der Waals surface area (Å²) >= 11 is 2.92. The van der Waals surface area contributed by atoms with E-state index in [-0.39, 0.29) is 30.7 Å². The molecule has 0 aliphatic rings. The van der Waals surface area contributed by atoms with Gasteiger partial charge in [-0.2, -0.15) is 0 Å². The van der Waals surface area contributed by atoms with E-state index >= 15 is 0 Å². The quantitative estimate of drug-likeness (QED) is 0.424. The number of thiazole rings is 1. The maximum atomic E-state index is 12.1. The minimum absolute atomic E-state index is 0.124. The summed E-state index contributed by atoms with van der Waals surface area (Å²) < 4.78 is 6.23. The zero-order valence-corrected chi connectivity index (χ0v) is 17.0. The summed E-state index contributed by atoms with van der Waals surface area (Å²) in [7, 11) is 0. The maximum absolute atomic E-state index is 12.1. The van der Waals surface area contributed by atoms with Crippen molar-refractivity contribution < 1.29 is 19.1 Å². The Kier molecular flexibility index (Phi) is 6.89. The molecule has 146 valence electrons. The van der Waals surface area contributed by atoms with Gasteiger partial charge < -0.3 is 10.1 Å². The third-order valence-corrected chi connectivity index (χ3v) is 6.14. The lowest BCUT2D eigenvalue weighted by molar-refractivity contribution is -0.142. The van der Waals surface area contributed by atoms with Gasteiger partial charge >= 0.3 is 5.97 Å². The van der Waals surface area contributed by atoms with Crippen molar-refractivity contribution in [2.24, 2.45) is 0 Å². The summed E-state index contributed by atoms with van der Waals surface area (Å²) in [6.45, 7) is 1.56. The largest absolute Gasteiger partial charge is 0.457 e. The molecule has 8 heteroatoms. The third-order valence-electron chi connectivity index (χ3n) is 3.92. The lowest BCUT2D eigenvalue weighted by Crippen LogP contribution is -2.18. The Morgan fingerprint density at radius 1 is 1.11 bits per heavy atom. The average Bonchev–Trinajstić information content (AvgIpc) is 3.31. The van der Waals surface area contributed by atoms with E-state index in [9.17, 15) is 14.4 Å². The number of Topliss-reactive ketones (excluding diaryl/α,β-unsaturated/α-hetero) is 1. The van der Waals surface area contributed by atoms with Crippen LogP contribution in [0.4, 0.5) is 0 Å². The number of esters is 1. The number of hydrogen-bond donors (Lipinski definition) is 1. The standard InChI is InChI=1S/C20H20N2O4S2/c1-13(23)21-11-14-9-10-18(27-14)16(24)12-26-20(25)8-4-7-19-22-15-5-2-3-6-17(15)28-19/h2-3,5-6,9-10H,4,7-8,11-12H2,1H3,(H,21,23). The molecule has 2 heterocycles. The lowest BCUT2D eigenvalue weighted by atomic mass is 10.2. The van der Waals surface area contributed by atoms with E-state index in [2.05, 4.69) is 10.3 Å². The number of nitrogens with zero attached hydrogens (tertiary/aromatic N) is 1. The molecule has 0 fully saturated rings. The van der Waals surface area contributed by atoms with Crippen molar-refractivity contribution in [1.82, 2.24) is 10.3 Å². The molecular formula is C20H20N2O4S2. The highest BCUT2D eigenvalue weighted by Gasteiger charge is 2.13. The molecule has 0 spiro atoms. The summed E-state index contributed by atoms with van der Waals surface area (Å²) in [6.07, 6.45) is 1.59. The molecule has 0 saturated carbocycles. The van der Waals surface area contributed by atoms with Crippen LogP contribution in [0.3, 0.4) is 0 Å². The van der Waals surface area contributed by atoms with Gasteiger partial charge in [-0.1, -0.05) is 12.1 Å². The summed E-state index contributed by atoms with van der Waals surface area (Å²) in [5.74, 6) is -0.746. The minimum Gasteiger partial charge on any atom is -0.457 e. The molecule has 3 aromatic rings. The highest BCUT2D eigenvalue weighted by atomic mass is 32.1. The number of hydrogen-bond acceptors (Lipinski definition) is 7. The van der Waals surface area contributed by atoms with Gasteiger partial charge in [-0.3, -0.25) is 14.4 Å². The highest BCUT2D eigenvalue weighted by Crippen LogP contribution is 2.23. The average molecular weight is 417 g/mol. The second-order valence-corrected chi connectivity index (χ2v) is 8.47. The summed E-state index contributed by atoms with van der Waals surface area (Å²) in [5, 5.41) is 3.68. The van der Waals surface area contributed by atoms with Gasteiger partial charge in [0.2, 0.25) is 11.7 Å². The molecule has 0 aliphatic heterocycles. The molecule has 0 aliphatic carbocycles. The molecule has 3 rings (SSSR count). The Balaban J connectivity index is 1.39. The van der Waals surface area contributed by atoms with Crippen LogP contribution in [0.1, 0.15) is 39.3 Å². The van der Waals surface area contributed by atoms with Crippen LogP contribution in [0.5, 0.6) is 0 Å². The number of ether oxygens (including phenoxy) is 1. The Labute approximate surface area is 170 Å². The number of nitrogens with one attached hydrogen (secondary N) is 1. The Morgan fingerprint density at radius 2 is 1.93 bits per heavy atom. The highest BCUT2D eigenvalue weighted by molar-refractivity contribution is 7.18. The van der Waals surface area contributed by atoms with Crippen LogP contribution >= 0.6 is 22.7 Å². The van der Waals surface area contributed by atoms with Crippen molar-refractivity contribution in [1.29, 1.82) is 0 Å².